The van der Waals surface area contributed by atoms with Crippen LogP contribution in [-0.4, -0.2) is 23.1 Å². The lowest BCUT2D eigenvalue weighted by Gasteiger charge is -2.23. The van der Waals surface area contributed by atoms with Crippen LogP contribution in [0.15, 0.2) is 54.6 Å². The topological polar surface area (TPSA) is 75.6 Å². The molecule has 2 aromatic rings. The summed E-state index contributed by atoms with van der Waals surface area (Å²) in [5, 5.41) is 11.9. The molecule has 0 saturated carbocycles. The minimum absolute atomic E-state index is 0.0281. The standard InChI is InChI=1S/C21H25NO4/c1-14(2)19(26-13-16-7-5-4-6-8-16)20(23)22-15(3)17-9-11-18(12-10-17)21(24)25/h4-12,14-15,19H,13H2,1-3H3,(H,22,23)(H,24,25). The largest absolute Gasteiger partial charge is 0.478 e. The average Bonchev–Trinajstić information content (AvgIpc) is 2.62. The number of carboxylic acid groups (broad SMARTS) is 1. The zero-order valence-corrected chi connectivity index (χ0v) is 15.3. The highest BCUT2D eigenvalue weighted by Gasteiger charge is 2.24. The summed E-state index contributed by atoms with van der Waals surface area (Å²) in [6.07, 6.45) is -0.559. The van der Waals surface area contributed by atoms with Gasteiger partial charge in [-0.3, -0.25) is 4.79 Å². The van der Waals surface area contributed by atoms with E-state index >= 15 is 0 Å². The van der Waals surface area contributed by atoms with Crippen molar-refractivity contribution in [1.29, 1.82) is 0 Å². The van der Waals surface area contributed by atoms with Crippen molar-refractivity contribution in [3.05, 3.63) is 71.3 Å². The number of ether oxygens (including phenoxy) is 1. The van der Waals surface area contributed by atoms with Crippen LogP contribution in [0.2, 0.25) is 0 Å². The Bertz CT molecular complexity index is 725. The van der Waals surface area contributed by atoms with Crippen LogP contribution >= 0.6 is 0 Å². The maximum Gasteiger partial charge on any atom is 0.335 e. The van der Waals surface area contributed by atoms with E-state index in [0.717, 1.165) is 11.1 Å². The Morgan fingerprint density at radius 2 is 1.62 bits per heavy atom. The smallest absolute Gasteiger partial charge is 0.335 e. The second-order valence-corrected chi connectivity index (χ2v) is 6.62. The van der Waals surface area contributed by atoms with Crippen molar-refractivity contribution < 1.29 is 19.4 Å². The molecule has 0 heterocycles. The maximum absolute atomic E-state index is 12.6. The Labute approximate surface area is 154 Å². The number of hydrogen-bond acceptors (Lipinski definition) is 3. The number of nitrogens with one attached hydrogen (secondary N) is 1. The summed E-state index contributed by atoms with van der Waals surface area (Å²) in [6.45, 7) is 6.13. The van der Waals surface area contributed by atoms with E-state index in [4.69, 9.17) is 9.84 Å². The number of hydrogen-bond donors (Lipinski definition) is 2. The molecule has 0 aliphatic carbocycles. The molecule has 0 spiro atoms. The van der Waals surface area contributed by atoms with Gasteiger partial charge in [-0.2, -0.15) is 0 Å². The van der Waals surface area contributed by atoms with Crippen molar-refractivity contribution in [2.24, 2.45) is 5.92 Å². The van der Waals surface area contributed by atoms with E-state index in [2.05, 4.69) is 5.32 Å². The van der Waals surface area contributed by atoms with Gasteiger partial charge in [-0.15, -0.1) is 0 Å². The molecule has 0 bridgehead atoms. The van der Waals surface area contributed by atoms with Crippen LogP contribution in [0.25, 0.3) is 0 Å². The number of rotatable bonds is 8. The molecule has 2 rings (SSSR count). The summed E-state index contributed by atoms with van der Waals surface area (Å²) in [5.74, 6) is -1.12. The van der Waals surface area contributed by atoms with Crippen LogP contribution in [0.4, 0.5) is 0 Å². The lowest BCUT2D eigenvalue weighted by molar-refractivity contribution is -0.137. The lowest BCUT2D eigenvalue weighted by atomic mass is 10.0. The summed E-state index contributed by atoms with van der Waals surface area (Å²) >= 11 is 0. The average molecular weight is 355 g/mol. The number of benzene rings is 2. The van der Waals surface area contributed by atoms with Crippen molar-refractivity contribution >= 4 is 11.9 Å². The molecule has 5 nitrogen and oxygen atoms in total. The van der Waals surface area contributed by atoms with Gasteiger partial charge < -0.3 is 15.2 Å². The molecule has 2 N–H and O–H groups in total. The molecule has 0 aromatic heterocycles. The third-order valence-electron chi connectivity index (χ3n) is 4.15. The molecule has 138 valence electrons. The van der Waals surface area contributed by atoms with Crippen LogP contribution < -0.4 is 5.32 Å². The molecular weight excluding hydrogens is 330 g/mol. The van der Waals surface area contributed by atoms with Gasteiger partial charge in [-0.25, -0.2) is 4.79 Å². The fraction of sp³-hybridized carbons (Fsp3) is 0.333. The Morgan fingerprint density at radius 1 is 1.00 bits per heavy atom. The van der Waals surface area contributed by atoms with Gasteiger partial charge in [-0.05, 0) is 36.1 Å². The molecule has 1 amide bonds. The van der Waals surface area contributed by atoms with Crippen molar-refractivity contribution in [2.45, 2.75) is 39.5 Å². The van der Waals surface area contributed by atoms with Gasteiger partial charge in [0.25, 0.3) is 0 Å². The SMILES string of the molecule is CC(NC(=O)C(OCc1ccccc1)C(C)C)c1ccc(C(=O)O)cc1. The molecule has 2 unspecified atom stereocenters. The third-order valence-corrected chi connectivity index (χ3v) is 4.15. The van der Waals surface area contributed by atoms with E-state index in [1.165, 1.54) is 12.1 Å². The van der Waals surface area contributed by atoms with Gasteiger partial charge >= 0.3 is 5.97 Å². The van der Waals surface area contributed by atoms with Crippen LogP contribution in [-0.2, 0) is 16.1 Å². The lowest BCUT2D eigenvalue weighted by Crippen LogP contribution is -2.40. The van der Waals surface area contributed by atoms with E-state index in [9.17, 15) is 9.59 Å². The normalized spacial score (nSPS) is 13.2. The fourth-order valence-corrected chi connectivity index (χ4v) is 2.62. The summed E-state index contributed by atoms with van der Waals surface area (Å²) in [4.78, 5) is 23.6. The molecular formula is C21H25NO4. The summed E-state index contributed by atoms with van der Waals surface area (Å²) in [7, 11) is 0. The molecule has 0 aliphatic rings. The summed E-state index contributed by atoms with van der Waals surface area (Å²) in [5.41, 5.74) is 2.08. The Morgan fingerprint density at radius 3 is 2.15 bits per heavy atom. The number of carboxylic acids is 1. The summed E-state index contributed by atoms with van der Waals surface area (Å²) < 4.78 is 5.85. The van der Waals surface area contributed by atoms with E-state index < -0.39 is 12.1 Å². The van der Waals surface area contributed by atoms with Gasteiger partial charge in [0.15, 0.2) is 0 Å². The molecule has 26 heavy (non-hydrogen) atoms. The van der Waals surface area contributed by atoms with Crippen molar-refractivity contribution in [1.82, 2.24) is 5.32 Å². The van der Waals surface area contributed by atoms with Crippen LogP contribution in [0, 0.1) is 5.92 Å². The number of carbonyl (C=O) groups is 2. The second-order valence-electron chi connectivity index (χ2n) is 6.62. The van der Waals surface area contributed by atoms with Gasteiger partial charge in [0.2, 0.25) is 5.91 Å². The zero-order valence-electron chi connectivity index (χ0n) is 15.3. The molecule has 0 saturated heterocycles. The molecule has 5 heteroatoms. The quantitative estimate of drug-likeness (QED) is 0.755. The monoisotopic (exact) mass is 355 g/mol. The van der Waals surface area contributed by atoms with Crippen molar-refractivity contribution in [2.75, 3.05) is 0 Å². The predicted molar refractivity (Wildman–Crippen MR) is 99.8 cm³/mol. The second kappa shape index (κ2) is 9.15. The van der Waals surface area contributed by atoms with Crippen molar-refractivity contribution in [3.8, 4) is 0 Å². The number of carbonyl (C=O) groups excluding carboxylic acids is 1. The molecule has 0 fully saturated rings. The number of amides is 1. The fourth-order valence-electron chi connectivity index (χ4n) is 2.62. The van der Waals surface area contributed by atoms with Crippen LogP contribution in [0.5, 0.6) is 0 Å². The minimum Gasteiger partial charge on any atom is -0.478 e. The third kappa shape index (κ3) is 5.43. The van der Waals surface area contributed by atoms with E-state index in [0.29, 0.717) is 6.61 Å². The summed E-state index contributed by atoms with van der Waals surface area (Å²) in [6, 6.07) is 16.0. The van der Waals surface area contributed by atoms with Gasteiger partial charge in [0.05, 0.1) is 18.2 Å². The van der Waals surface area contributed by atoms with E-state index in [-0.39, 0.29) is 23.4 Å². The van der Waals surface area contributed by atoms with Gasteiger partial charge in [-0.1, -0.05) is 56.3 Å². The first-order valence-electron chi connectivity index (χ1n) is 8.67. The highest BCUT2D eigenvalue weighted by atomic mass is 16.5. The van der Waals surface area contributed by atoms with Crippen LogP contribution in [0.3, 0.4) is 0 Å². The van der Waals surface area contributed by atoms with E-state index in [1.807, 2.05) is 51.1 Å². The first-order valence-corrected chi connectivity index (χ1v) is 8.67. The molecule has 2 aromatic carbocycles. The first kappa shape index (κ1) is 19.7. The minimum atomic E-state index is -0.970. The maximum atomic E-state index is 12.6. The van der Waals surface area contributed by atoms with E-state index in [1.54, 1.807) is 12.1 Å². The molecule has 0 radical (unpaired) electrons. The Balaban J connectivity index is 1.98. The molecule has 0 aliphatic heterocycles. The van der Waals surface area contributed by atoms with Crippen LogP contribution in [0.1, 0.15) is 48.3 Å². The highest BCUT2D eigenvalue weighted by Crippen LogP contribution is 2.16. The highest BCUT2D eigenvalue weighted by molar-refractivity contribution is 5.87. The Kier molecular flexibility index (Phi) is 6.92. The first-order chi connectivity index (χ1) is 12.4. The van der Waals surface area contributed by atoms with Gasteiger partial charge in [0.1, 0.15) is 6.10 Å². The predicted octanol–water partition coefficient (Wildman–Crippen LogP) is 3.80. The Hall–Kier alpha value is -2.66. The molecule has 2 atom stereocenters. The number of aromatic carboxylic acids is 1. The zero-order chi connectivity index (χ0) is 19.1. The van der Waals surface area contributed by atoms with Gasteiger partial charge in [0, 0.05) is 0 Å². The van der Waals surface area contributed by atoms with Crippen molar-refractivity contribution in [3.63, 3.8) is 0 Å².